The second kappa shape index (κ2) is 5.94. The molecule has 0 atom stereocenters. The fraction of sp³-hybridized carbons (Fsp3) is 0.167. The number of benzene rings is 1. The molecule has 5 nitrogen and oxygen atoms in total. The van der Waals surface area contributed by atoms with E-state index in [4.69, 9.17) is 4.42 Å². The van der Waals surface area contributed by atoms with Crippen LogP contribution < -0.4 is 10.0 Å². The molecule has 0 aliphatic carbocycles. The van der Waals surface area contributed by atoms with Crippen molar-refractivity contribution in [2.24, 2.45) is 0 Å². The fourth-order valence-electron chi connectivity index (χ4n) is 1.57. The van der Waals surface area contributed by atoms with Crippen LogP contribution in [0.4, 0.5) is 10.1 Å². The number of rotatable bonds is 5. The smallest absolute Gasteiger partial charge is 0.266 e. The largest absolute Gasteiger partial charge is 0.451 e. The Morgan fingerprint density at radius 1 is 1.30 bits per heavy atom. The van der Waals surface area contributed by atoms with Crippen LogP contribution in [0.5, 0.6) is 0 Å². The van der Waals surface area contributed by atoms with Gasteiger partial charge in [-0.3, -0.25) is 4.72 Å². The van der Waals surface area contributed by atoms with Crippen LogP contribution in [0.2, 0.25) is 0 Å². The molecule has 0 spiro atoms. The van der Waals surface area contributed by atoms with Crippen molar-refractivity contribution in [2.45, 2.75) is 11.4 Å². The van der Waals surface area contributed by atoms with Gasteiger partial charge in [0.25, 0.3) is 10.0 Å². The zero-order valence-corrected chi connectivity index (χ0v) is 12.9. The van der Waals surface area contributed by atoms with Crippen LogP contribution in [0.3, 0.4) is 0 Å². The third-order valence-electron chi connectivity index (χ3n) is 2.44. The Morgan fingerprint density at radius 3 is 2.55 bits per heavy atom. The molecule has 1 heterocycles. The molecule has 0 unspecified atom stereocenters. The van der Waals surface area contributed by atoms with E-state index < -0.39 is 15.8 Å². The van der Waals surface area contributed by atoms with Crippen LogP contribution in [-0.2, 0) is 16.6 Å². The quantitative estimate of drug-likeness (QED) is 0.857. The maximum Gasteiger partial charge on any atom is 0.266 e. The van der Waals surface area contributed by atoms with E-state index in [0.717, 1.165) is 0 Å². The lowest BCUT2D eigenvalue weighted by Crippen LogP contribution is -2.12. The summed E-state index contributed by atoms with van der Waals surface area (Å²) in [6.45, 7) is 0.407. The van der Waals surface area contributed by atoms with Gasteiger partial charge in [-0.2, -0.15) is 0 Å². The van der Waals surface area contributed by atoms with E-state index in [1.807, 2.05) is 0 Å². The monoisotopic (exact) mass is 362 g/mol. The van der Waals surface area contributed by atoms with Crippen LogP contribution in [0.15, 0.2) is 44.3 Å². The molecule has 0 amide bonds. The first-order valence-electron chi connectivity index (χ1n) is 5.63. The van der Waals surface area contributed by atoms with Crippen molar-refractivity contribution in [3.05, 3.63) is 46.6 Å². The molecule has 0 bridgehead atoms. The maximum atomic E-state index is 12.8. The van der Waals surface area contributed by atoms with Crippen molar-refractivity contribution in [2.75, 3.05) is 11.8 Å². The van der Waals surface area contributed by atoms with E-state index in [9.17, 15) is 12.8 Å². The van der Waals surface area contributed by atoms with Crippen molar-refractivity contribution >= 4 is 31.6 Å². The summed E-state index contributed by atoms with van der Waals surface area (Å²) in [6, 6.07) is 6.46. The van der Waals surface area contributed by atoms with Gasteiger partial charge in [-0.05, 0) is 47.2 Å². The first-order valence-corrected chi connectivity index (χ1v) is 7.91. The first kappa shape index (κ1) is 15.0. The van der Waals surface area contributed by atoms with Crippen molar-refractivity contribution in [1.82, 2.24) is 5.32 Å². The lowest BCUT2D eigenvalue weighted by atomic mass is 10.3. The Morgan fingerprint density at radius 2 is 1.95 bits per heavy atom. The third kappa shape index (κ3) is 3.38. The summed E-state index contributed by atoms with van der Waals surface area (Å²) in [6.07, 6.45) is 0. The van der Waals surface area contributed by atoms with Gasteiger partial charge in [0.05, 0.1) is 6.54 Å². The van der Waals surface area contributed by atoms with Crippen LogP contribution >= 0.6 is 15.9 Å². The zero-order chi connectivity index (χ0) is 14.8. The highest BCUT2D eigenvalue weighted by Crippen LogP contribution is 2.27. The summed E-state index contributed by atoms with van der Waals surface area (Å²) in [7, 11) is -2.07. The summed E-state index contributed by atoms with van der Waals surface area (Å²) < 4.78 is 45.0. The average molecular weight is 363 g/mol. The SMILES string of the molecule is CNCc1cc(S(=O)(=O)Nc2ccc(F)cc2)c(Br)o1. The van der Waals surface area contributed by atoms with E-state index in [1.165, 1.54) is 30.3 Å². The number of anilines is 1. The summed E-state index contributed by atoms with van der Waals surface area (Å²) >= 11 is 3.07. The van der Waals surface area contributed by atoms with E-state index in [1.54, 1.807) is 7.05 Å². The summed E-state index contributed by atoms with van der Waals surface area (Å²) in [4.78, 5) is -0.00734. The fourth-order valence-corrected chi connectivity index (χ4v) is 3.63. The van der Waals surface area contributed by atoms with Gasteiger partial charge in [-0.25, -0.2) is 12.8 Å². The molecule has 8 heteroatoms. The molecule has 1 aromatic carbocycles. The Bertz CT molecular complexity index is 698. The molecule has 0 saturated carbocycles. The molecule has 2 aromatic rings. The topological polar surface area (TPSA) is 71.3 Å². The second-order valence-electron chi connectivity index (χ2n) is 3.99. The van der Waals surface area contributed by atoms with Crippen molar-refractivity contribution in [3.63, 3.8) is 0 Å². The van der Waals surface area contributed by atoms with E-state index in [2.05, 4.69) is 26.0 Å². The molecule has 2 N–H and O–H groups in total. The Balaban J connectivity index is 2.28. The van der Waals surface area contributed by atoms with Crippen molar-refractivity contribution < 1.29 is 17.2 Å². The van der Waals surface area contributed by atoms with Crippen molar-refractivity contribution in [3.8, 4) is 0 Å². The number of hydrogen-bond donors (Lipinski definition) is 2. The summed E-state index contributed by atoms with van der Waals surface area (Å²) in [5.74, 6) is 0.0487. The Kier molecular flexibility index (Phi) is 4.46. The molecule has 108 valence electrons. The standard InChI is InChI=1S/C12H12BrFN2O3S/c1-15-7-10-6-11(12(13)19-10)20(17,18)16-9-4-2-8(14)3-5-9/h2-6,15-16H,7H2,1H3. The molecule has 20 heavy (non-hydrogen) atoms. The molecule has 0 saturated heterocycles. The maximum absolute atomic E-state index is 12.8. The normalized spacial score (nSPS) is 11.6. The van der Waals surface area contributed by atoms with Gasteiger partial charge in [0, 0.05) is 11.8 Å². The van der Waals surface area contributed by atoms with Crippen molar-refractivity contribution in [1.29, 1.82) is 0 Å². The molecule has 1 aromatic heterocycles. The van der Waals surface area contributed by atoms with Gasteiger partial charge in [-0.15, -0.1) is 0 Å². The van der Waals surface area contributed by atoms with Gasteiger partial charge >= 0.3 is 0 Å². The number of halogens is 2. The van der Waals surface area contributed by atoms with Gasteiger partial charge in [0.1, 0.15) is 16.5 Å². The van der Waals surface area contributed by atoms with Gasteiger partial charge in [0.2, 0.25) is 0 Å². The molecular formula is C12H12BrFN2O3S. The lowest BCUT2D eigenvalue weighted by Gasteiger charge is -2.06. The Hall–Kier alpha value is -1.38. The predicted molar refractivity (Wildman–Crippen MR) is 76.4 cm³/mol. The van der Waals surface area contributed by atoms with Gasteiger partial charge in [0.15, 0.2) is 4.67 Å². The Labute approximate surface area is 124 Å². The summed E-state index contributed by atoms with van der Waals surface area (Å²) in [5.41, 5.74) is 0.273. The number of sulfonamides is 1. The highest BCUT2D eigenvalue weighted by molar-refractivity contribution is 9.10. The van der Waals surface area contributed by atoms with Gasteiger partial charge in [-0.1, -0.05) is 0 Å². The second-order valence-corrected chi connectivity index (χ2v) is 6.36. The van der Waals surface area contributed by atoms with Crippen LogP contribution in [0.25, 0.3) is 0 Å². The minimum absolute atomic E-state index is 0.00734. The lowest BCUT2D eigenvalue weighted by molar-refractivity contribution is 0.470. The van der Waals surface area contributed by atoms with Crippen LogP contribution in [-0.4, -0.2) is 15.5 Å². The molecule has 2 rings (SSSR count). The van der Waals surface area contributed by atoms with E-state index >= 15 is 0 Å². The third-order valence-corrected chi connectivity index (χ3v) is 4.68. The first-order chi connectivity index (χ1) is 9.42. The van der Waals surface area contributed by atoms with E-state index in [0.29, 0.717) is 12.3 Å². The highest BCUT2D eigenvalue weighted by atomic mass is 79.9. The minimum Gasteiger partial charge on any atom is -0.451 e. The van der Waals surface area contributed by atoms with Gasteiger partial charge < -0.3 is 9.73 Å². The molecule has 0 aliphatic heterocycles. The summed E-state index contributed by atoms with van der Waals surface area (Å²) in [5, 5.41) is 2.86. The highest BCUT2D eigenvalue weighted by Gasteiger charge is 2.22. The van der Waals surface area contributed by atoms with Crippen LogP contribution in [0, 0.1) is 5.82 Å². The number of hydrogen-bond acceptors (Lipinski definition) is 4. The minimum atomic E-state index is -3.80. The molecular weight excluding hydrogens is 351 g/mol. The number of nitrogens with one attached hydrogen (secondary N) is 2. The van der Waals surface area contributed by atoms with Crippen LogP contribution in [0.1, 0.15) is 5.76 Å². The average Bonchev–Trinajstić information content (AvgIpc) is 2.74. The molecule has 0 aliphatic rings. The molecule has 0 radical (unpaired) electrons. The predicted octanol–water partition coefficient (Wildman–Crippen LogP) is 2.70. The van der Waals surface area contributed by atoms with E-state index in [-0.39, 0.29) is 15.3 Å². The molecule has 0 fully saturated rings. The zero-order valence-electron chi connectivity index (χ0n) is 10.5. The number of furan rings is 1.